The molecule has 0 spiro atoms. The zero-order valence-electron chi connectivity index (χ0n) is 14.8. The van der Waals surface area contributed by atoms with E-state index in [-0.39, 0.29) is 12.0 Å². The Bertz CT molecular complexity index is 924. The molecular weight excluding hydrogens is 350 g/mol. The molecule has 136 valence electrons. The van der Waals surface area contributed by atoms with Crippen LogP contribution < -0.4 is 10.1 Å². The summed E-state index contributed by atoms with van der Waals surface area (Å²) in [5, 5.41) is 2.98. The van der Waals surface area contributed by atoms with Crippen LogP contribution in [0.1, 0.15) is 28.2 Å². The summed E-state index contributed by atoms with van der Waals surface area (Å²) in [6, 6.07) is 7.80. The maximum Gasteiger partial charge on any atom is 0.263 e. The summed E-state index contributed by atoms with van der Waals surface area (Å²) >= 11 is 1.41. The Balaban J connectivity index is 1.53. The predicted molar refractivity (Wildman–Crippen MR) is 101 cm³/mol. The first-order valence-electron chi connectivity index (χ1n) is 8.68. The predicted octanol–water partition coefficient (Wildman–Crippen LogP) is 3.29. The number of carbonyl (C=O) groups is 1. The van der Waals surface area contributed by atoms with Crippen LogP contribution in [0, 0.1) is 6.92 Å². The molecule has 0 saturated carbocycles. The molecule has 0 radical (unpaired) electrons. The van der Waals surface area contributed by atoms with Gasteiger partial charge in [-0.2, -0.15) is 0 Å². The number of fused-ring (bicyclic) bond motifs is 1. The van der Waals surface area contributed by atoms with Crippen molar-refractivity contribution >= 4 is 22.2 Å². The van der Waals surface area contributed by atoms with Crippen molar-refractivity contribution in [3.8, 4) is 17.0 Å². The first-order valence-corrected chi connectivity index (χ1v) is 9.50. The maximum absolute atomic E-state index is 12.5. The molecule has 0 bridgehead atoms. The summed E-state index contributed by atoms with van der Waals surface area (Å²) in [7, 11) is 1.65. The van der Waals surface area contributed by atoms with Crippen molar-refractivity contribution in [2.45, 2.75) is 25.9 Å². The topological polar surface area (TPSA) is 64.9 Å². The van der Waals surface area contributed by atoms with E-state index in [0.29, 0.717) is 11.4 Å². The van der Waals surface area contributed by atoms with Crippen LogP contribution >= 0.6 is 11.3 Å². The lowest BCUT2D eigenvalue weighted by Crippen LogP contribution is -2.31. The number of rotatable bonds is 5. The summed E-state index contributed by atoms with van der Waals surface area (Å²) in [6.07, 6.45) is 4.20. The van der Waals surface area contributed by atoms with E-state index in [9.17, 15) is 4.79 Å². The summed E-state index contributed by atoms with van der Waals surface area (Å²) in [5.41, 5.74) is 2.81. The summed E-state index contributed by atoms with van der Waals surface area (Å²) in [5.74, 6) is 0.760. The Kier molecular flexibility index (Phi) is 4.65. The normalized spacial score (nSPS) is 16.9. The van der Waals surface area contributed by atoms with Gasteiger partial charge in [-0.3, -0.25) is 9.20 Å². The summed E-state index contributed by atoms with van der Waals surface area (Å²) < 4.78 is 12.7. The SMILES string of the molecule is COc1ccc(-c2cn3c(C)c(C(=O)NCC4CCCO4)sc3n2)cc1. The van der Waals surface area contributed by atoms with Gasteiger partial charge in [0.15, 0.2) is 4.96 Å². The molecule has 1 unspecified atom stereocenters. The van der Waals surface area contributed by atoms with Gasteiger partial charge in [-0.1, -0.05) is 11.3 Å². The molecule has 1 aliphatic heterocycles. The summed E-state index contributed by atoms with van der Waals surface area (Å²) in [4.78, 5) is 18.7. The highest BCUT2D eigenvalue weighted by Crippen LogP contribution is 2.28. The van der Waals surface area contributed by atoms with Crippen molar-refractivity contribution < 1.29 is 14.3 Å². The van der Waals surface area contributed by atoms with Crippen LogP contribution in [0.25, 0.3) is 16.2 Å². The number of benzene rings is 1. The van der Waals surface area contributed by atoms with Gasteiger partial charge < -0.3 is 14.8 Å². The van der Waals surface area contributed by atoms with E-state index < -0.39 is 0 Å². The smallest absolute Gasteiger partial charge is 0.263 e. The average Bonchev–Trinajstić information content (AvgIpc) is 3.38. The molecule has 1 saturated heterocycles. The van der Waals surface area contributed by atoms with Gasteiger partial charge in [0.1, 0.15) is 10.6 Å². The minimum absolute atomic E-state index is 0.0560. The lowest BCUT2D eigenvalue weighted by molar-refractivity contribution is 0.0860. The standard InChI is InChI=1S/C19H21N3O3S/c1-12-17(18(23)20-10-15-4-3-9-25-15)26-19-21-16(11-22(12)19)13-5-7-14(24-2)8-6-13/h5-8,11,15H,3-4,9-10H2,1-2H3,(H,20,23). The number of imidazole rings is 1. The fourth-order valence-electron chi connectivity index (χ4n) is 3.15. The fraction of sp³-hybridized carbons (Fsp3) is 0.368. The second-order valence-electron chi connectivity index (χ2n) is 6.37. The number of ether oxygens (including phenoxy) is 2. The minimum atomic E-state index is -0.0560. The molecule has 26 heavy (non-hydrogen) atoms. The second-order valence-corrected chi connectivity index (χ2v) is 7.35. The molecular formula is C19H21N3O3S. The monoisotopic (exact) mass is 371 g/mol. The maximum atomic E-state index is 12.5. The second kappa shape index (κ2) is 7.09. The highest BCUT2D eigenvalue weighted by Gasteiger charge is 2.20. The molecule has 3 aromatic rings. The van der Waals surface area contributed by atoms with Gasteiger partial charge >= 0.3 is 0 Å². The van der Waals surface area contributed by atoms with Gasteiger partial charge in [0, 0.05) is 30.6 Å². The molecule has 1 aromatic carbocycles. The number of nitrogens with one attached hydrogen (secondary N) is 1. The molecule has 1 aliphatic rings. The molecule has 1 amide bonds. The molecule has 1 fully saturated rings. The van der Waals surface area contributed by atoms with Crippen LogP contribution in [0.15, 0.2) is 30.5 Å². The quantitative estimate of drug-likeness (QED) is 0.747. The highest BCUT2D eigenvalue weighted by molar-refractivity contribution is 7.19. The van der Waals surface area contributed by atoms with Crippen molar-refractivity contribution in [1.82, 2.24) is 14.7 Å². The first-order chi connectivity index (χ1) is 12.7. The van der Waals surface area contributed by atoms with Crippen molar-refractivity contribution in [2.75, 3.05) is 20.3 Å². The Morgan fingerprint density at radius 2 is 2.23 bits per heavy atom. The van der Waals surface area contributed by atoms with E-state index in [1.807, 2.05) is 41.8 Å². The van der Waals surface area contributed by atoms with Crippen molar-refractivity contribution in [3.63, 3.8) is 0 Å². The van der Waals surface area contributed by atoms with Gasteiger partial charge in [-0.25, -0.2) is 4.98 Å². The lowest BCUT2D eigenvalue weighted by atomic mass is 10.2. The van der Waals surface area contributed by atoms with E-state index in [4.69, 9.17) is 9.47 Å². The van der Waals surface area contributed by atoms with Gasteiger partial charge in [-0.15, -0.1) is 0 Å². The fourth-order valence-corrected chi connectivity index (χ4v) is 4.18. The Hall–Kier alpha value is -2.38. The molecule has 1 N–H and O–H groups in total. The molecule has 4 rings (SSSR count). The third-order valence-electron chi connectivity index (χ3n) is 4.66. The Morgan fingerprint density at radius 1 is 1.42 bits per heavy atom. The van der Waals surface area contributed by atoms with E-state index in [0.717, 1.165) is 47.1 Å². The van der Waals surface area contributed by atoms with Gasteiger partial charge in [0.2, 0.25) is 0 Å². The van der Waals surface area contributed by atoms with Crippen LogP contribution in [0.5, 0.6) is 5.75 Å². The van der Waals surface area contributed by atoms with E-state index in [1.165, 1.54) is 11.3 Å². The van der Waals surface area contributed by atoms with Gasteiger partial charge in [0.25, 0.3) is 5.91 Å². The number of carbonyl (C=O) groups excluding carboxylic acids is 1. The van der Waals surface area contributed by atoms with Crippen molar-refractivity contribution in [3.05, 3.63) is 41.0 Å². The average molecular weight is 371 g/mol. The largest absolute Gasteiger partial charge is 0.497 e. The van der Waals surface area contributed by atoms with E-state index >= 15 is 0 Å². The third kappa shape index (κ3) is 3.20. The molecule has 7 heteroatoms. The van der Waals surface area contributed by atoms with Gasteiger partial charge in [-0.05, 0) is 44.0 Å². The third-order valence-corrected chi connectivity index (χ3v) is 5.82. The zero-order chi connectivity index (χ0) is 18.1. The number of aryl methyl sites for hydroxylation is 1. The van der Waals surface area contributed by atoms with Crippen molar-refractivity contribution in [2.24, 2.45) is 0 Å². The molecule has 6 nitrogen and oxygen atoms in total. The Morgan fingerprint density at radius 3 is 2.88 bits per heavy atom. The number of hydrogen-bond acceptors (Lipinski definition) is 5. The Labute approximate surface area is 155 Å². The van der Waals surface area contributed by atoms with Crippen molar-refractivity contribution in [1.29, 1.82) is 0 Å². The van der Waals surface area contributed by atoms with Crippen LogP contribution in [-0.2, 0) is 4.74 Å². The van der Waals surface area contributed by atoms with Crippen LogP contribution in [0.2, 0.25) is 0 Å². The zero-order valence-corrected chi connectivity index (χ0v) is 15.6. The molecule has 1 atom stereocenters. The minimum Gasteiger partial charge on any atom is -0.497 e. The number of hydrogen-bond donors (Lipinski definition) is 1. The number of aromatic nitrogens is 2. The molecule has 0 aliphatic carbocycles. The van der Waals surface area contributed by atoms with E-state index in [2.05, 4.69) is 10.3 Å². The van der Waals surface area contributed by atoms with Gasteiger partial charge in [0.05, 0.1) is 18.9 Å². The van der Waals surface area contributed by atoms with Crippen LogP contribution in [0.3, 0.4) is 0 Å². The first kappa shape index (κ1) is 17.1. The number of amides is 1. The molecule has 2 aromatic heterocycles. The number of methoxy groups -OCH3 is 1. The number of nitrogens with zero attached hydrogens (tertiary/aromatic N) is 2. The number of thiazole rings is 1. The van der Waals surface area contributed by atoms with Crippen LogP contribution in [-0.4, -0.2) is 41.7 Å². The molecule has 3 heterocycles. The lowest BCUT2D eigenvalue weighted by Gasteiger charge is -2.10. The summed E-state index contributed by atoms with van der Waals surface area (Å²) in [6.45, 7) is 3.31. The highest BCUT2D eigenvalue weighted by atomic mass is 32.1. The van der Waals surface area contributed by atoms with E-state index in [1.54, 1.807) is 7.11 Å². The van der Waals surface area contributed by atoms with Crippen LogP contribution in [0.4, 0.5) is 0 Å².